The van der Waals surface area contributed by atoms with E-state index in [1.165, 1.54) is 0 Å². The average molecular weight is 472 g/mol. The summed E-state index contributed by atoms with van der Waals surface area (Å²) in [4.78, 5) is 4.04. The Hall–Kier alpha value is -2.40. The average Bonchev–Trinajstić information content (AvgIpc) is 3.29. The van der Waals surface area contributed by atoms with Gasteiger partial charge in [-0.05, 0) is 40.3 Å². The smallest absolute Gasteiger partial charge is 0.235 e. The van der Waals surface area contributed by atoms with Gasteiger partial charge in [0.2, 0.25) is 0 Å². The van der Waals surface area contributed by atoms with Crippen LogP contribution in [0.15, 0.2) is 47.2 Å². The summed E-state index contributed by atoms with van der Waals surface area (Å²) in [6.45, 7) is -0.415. The summed E-state index contributed by atoms with van der Waals surface area (Å²) in [6, 6.07) is 7.52. The molecule has 0 bridgehead atoms. The minimum absolute atomic E-state index is 0.345. The van der Waals surface area contributed by atoms with Crippen LogP contribution in [0, 0.1) is 11.6 Å². The monoisotopic (exact) mass is 471 g/mol. The number of hydrogen-bond acceptors (Lipinski definition) is 5. The SMILES string of the molecule is Fc1ccc(C(Cn2cnnn2)C(F)(F)c2nc3ccc(Br)cc3s2)c(F)c1. The van der Waals surface area contributed by atoms with Crippen LogP contribution in [0.3, 0.4) is 0 Å². The second-order valence-corrected chi connectivity index (χ2v) is 7.95. The molecular formula is C17H10BrF4N5S. The van der Waals surface area contributed by atoms with Crippen molar-refractivity contribution in [1.82, 2.24) is 25.2 Å². The molecule has 0 N–H and O–H groups in total. The fourth-order valence-corrected chi connectivity index (χ4v) is 4.38. The van der Waals surface area contributed by atoms with Gasteiger partial charge in [0, 0.05) is 10.5 Å². The van der Waals surface area contributed by atoms with Crippen LogP contribution in [0.1, 0.15) is 16.5 Å². The van der Waals surface area contributed by atoms with Crippen molar-refractivity contribution >= 4 is 37.5 Å². The third-order valence-electron chi connectivity index (χ3n) is 4.17. The molecule has 0 aliphatic rings. The van der Waals surface area contributed by atoms with Gasteiger partial charge in [-0.15, -0.1) is 16.4 Å². The van der Waals surface area contributed by atoms with Gasteiger partial charge in [-0.3, -0.25) is 0 Å². The predicted molar refractivity (Wildman–Crippen MR) is 98.1 cm³/mol. The summed E-state index contributed by atoms with van der Waals surface area (Å²) in [7, 11) is 0. The highest BCUT2D eigenvalue weighted by molar-refractivity contribution is 9.10. The molecule has 144 valence electrons. The molecular weight excluding hydrogens is 462 g/mol. The number of halogens is 5. The summed E-state index contributed by atoms with van der Waals surface area (Å²) in [5, 5.41) is 9.96. The van der Waals surface area contributed by atoms with Crippen LogP contribution < -0.4 is 0 Å². The van der Waals surface area contributed by atoms with Crippen molar-refractivity contribution in [3.8, 4) is 0 Å². The van der Waals surface area contributed by atoms with Gasteiger partial charge in [-0.25, -0.2) is 18.4 Å². The van der Waals surface area contributed by atoms with Gasteiger partial charge in [-0.1, -0.05) is 22.0 Å². The highest BCUT2D eigenvalue weighted by Gasteiger charge is 2.46. The number of tetrazole rings is 1. The molecule has 5 nitrogen and oxygen atoms in total. The quantitative estimate of drug-likeness (QED) is 0.388. The Bertz CT molecular complexity index is 1130. The molecule has 1 unspecified atom stereocenters. The number of thiazole rings is 1. The van der Waals surface area contributed by atoms with Crippen LogP contribution in [0.4, 0.5) is 17.6 Å². The van der Waals surface area contributed by atoms with E-state index in [0.29, 0.717) is 16.3 Å². The van der Waals surface area contributed by atoms with E-state index in [1.54, 1.807) is 18.2 Å². The zero-order chi connectivity index (χ0) is 19.9. The summed E-state index contributed by atoms with van der Waals surface area (Å²) in [5.41, 5.74) is 0.0611. The lowest BCUT2D eigenvalue weighted by molar-refractivity contribution is -0.0414. The third kappa shape index (κ3) is 3.51. The van der Waals surface area contributed by atoms with Gasteiger partial charge >= 0.3 is 5.92 Å². The fraction of sp³-hybridized carbons (Fsp3) is 0.176. The Morgan fingerprint density at radius 1 is 1.14 bits per heavy atom. The lowest BCUT2D eigenvalue weighted by atomic mass is 9.92. The number of alkyl halides is 2. The second-order valence-electron chi connectivity index (χ2n) is 6.00. The standard InChI is InChI=1S/C17H10BrF4N5S/c18-9-1-4-14-15(5-9)28-16(24-14)17(21,22)12(7-27-8-23-25-26-27)11-3-2-10(19)6-13(11)20/h1-6,8,12H,7H2. The Morgan fingerprint density at radius 3 is 2.68 bits per heavy atom. The predicted octanol–water partition coefficient (Wildman–Crippen LogP) is 4.90. The van der Waals surface area contributed by atoms with Crippen LogP contribution in [-0.2, 0) is 12.5 Å². The molecule has 1 atom stereocenters. The van der Waals surface area contributed by atoms with Gasteiger partial charge in [0.05, 0.1) is 22.7 Å². The van der Waals surface area contributed by atoms with Crippen molar-refractivity contribution in [2.45, 2.75) is 18.4 Å². The first-order valence-electron chi connectivity index (χ1n) is 7.94. The van der Waals surface area contributed by atoms with Crippen molar-refractivity contribution in [3.05, 3.63) is 69.4 Å². The van der Waals surface area contributed by atoms with Gasteiger partial charge in [0.15, 0.2) is 5.01 Å². The maximum absolute atomic E-state index is 15.5. The molecule has 0 amide bonds. The van der Waals surface area contributed by atoms with Gasteiger partial charge in [-0.2, -0.15) is 8.78 Å². The Kier molecular flexibility index (Phi) is 4.88. The molecule has 2 aromatic heterocycles. The van der Waals surface area contributed by atoms with Crippen LogP contribution >= 0.6 is 27.3 Å². The van der Waals surface area contributed by atoms with Crippen molar-refractivity contribution in [3.63, 3.8) is 0 Å². The number of rotatable bonds is 5. The molecule has 28 heavy (non-hydrogen) atoms. The first-order chi connectivity index (χ1) is 13.3. The first kappa shape index (κ1) is 18.9. The molecule has 0 fully saturated rings. The fourth-order valence-electron chi connectivity index (χ4n) is 2.83. The molecule has 0 radical (unpaired) electrons. The molecule has 4 rings (SSSR count). The molecule has 0 aliphatic carbocycles. The zero-order valence-corrected chi connectivity index (χ0v) is 16.3. The summed E-state index contributed by atoms with van der Waals surface area (Å²) >= 11 is 4.11. The maximum Gasteiger partial charge on any atom is 0.307 e. The first-order valence-corrected chi connectivity index (χ1v) is 9.55. The largest absolute Gasteiger partial charge is 0.307 e. The highest BCUT2D eigenvalue weighted by Crippen LogP contribution is 2.46. The lowest BCUT2D eigenvalue weighted by Crippen LogP contribution is -2.29. The van der Waals surface area contributed by atoms with Crippen molar-refractivity contribution in [1.29, 1.82) is 0 Å². The molecule has 11 heteroatoms. The van der Waals surface area contributed by atoms with E-state index in [4.69, 9.17) is 0 Å². The van der Waals surface area contributed by atoms with E-state index in [2.05, 4.69) is 36.4 Å². The topological polar surface area (TPSA) is 56.5 Å². The normalized spacial score (nSPS) is 13.2. The van der Waals surface area contributed by atoms with Crippen molar-refractivity contribution in [2.75, 3.05) is 0 Å². The third-order valence-corrected chi connectivity index (χ3v) is 5.77. The molecule has 0 saturated heterocycles. The van der Waals surface area contributed by atoms with E-state index in [9.17, 15) is 8.78 Å². The Morgan fingerprint density at radius 2 is 1.96 bits per heavy atom. The maximum atomic E-state index is 15.5. The van der Waals surface area contributed by atoms with Gasteiger partial charge in [0.25, 0.3) is 0 Å². The van der Waals surface area contributed by atoms with E-state index in [0.717, 1.165) is 39.0 Å². The molecule has 0 saturated carbocycles. The zero-order valence-electron chi connectivity index (χ0n) is 13.9. The van der Waals surface area contributed by atoms with Crippen LogP contribution in [0.5, 0.6) is 0 Å². The number of nitrogens with zero attached hydrogens (tertiary/aromatic N) is 5. The van der Waals surface area contributed by atoms with Gasteiger partial charge < -0.3 is 0 Å². The molecule has 2 aromatic carbocycles. The van der Waals surface area contributed by atoms with Crippen LogP contribution in [0.2, 0.25) is 0 Å². The Labute approximate surface area is 168 Å². The van der Waals surface area contributed by atoms with E-state index in [1.807, 2.05) is 0 Å². The summed E-state index contributed by atoms with van der Waals surface area (Å²) < 4.78 is 61.1. The van der Waals surface area contributed by atoms with Crippen molar-refractivity contribution in [2.24, 2.45) is 0 Å². The van der Waals surface area contributed by atoms with Crippen LogP contribution in [-0.4, -0.2) is 25.2 Å². The minimum Gasteiger partial charge on any atom is -0.235 e. The minimum atomic E-state index is -3.55. The number of aromatic nitrogens is 5. The number of fused-ring (bicyclic) bond motifs is 1. The highest BCUT2D eigenvalue weighted by atomic mass is 79.9. The summed E-state index contributed by atoms with van der Waals surface area (Å²) in [5.74, 6) is -7.17. The van der Waals surface area contributed by atoms with E-state index < -0.39 is 35.0 Å². The number of hydrogen-bond donors (Lipinski definition) is 0. The second kappa shape index (κ2) is 7.21. The summed E-state index contributed by atoms with van der Waals surface area (Å²) in [6.07, 6.45) is 1.15. The van der Waals surface area contributed by atoms with Gasteiger partial charge in [0.1, 0.15) is 18.0 Å². The molecule has 0 spiro atoms. The van der Waals surface area contributed by atoms with Crippen LogP contribution in [0.25, 0.3) is 10.2 Å². The lowest BCUT2D eigenvalue weighted by Gasteiger charge is -2.25. The number of benzene rings is 2. The Balaban J connectivity index is 1.82. The van der Waals surface area contributed by atoms with Crippen molar-refractivity contribution < 1.29 is 17.6 Å². The molecule has 2 heterocycles. The molecule has 0 aliphatic heterocycles. The molecule has 4 aromatic rings. The van der Waals surface area contributed by atoms with E-state index in [-0.39, 0.29) is 5.56 Å². The van der Waals surface area contributed by atoms with E-state index >= 15 is 8.78 Å².